The predicted molar refractivity (Wildman–Crippen MR) is 111 cm³/mol. The zero-order chi connectivity index (χ0) is 23.1. The summed E-state index contributed by atoms with van der Waals surface area (Å²) in [4.78, 5) is 25.1. The number of hydrogen-bond donors (Lipinski definition) is 3. The second-order valence-corrected chi connectivity index (χ2v) is 7.72. The molecule has 172 valence electrons. The lowest BCUT2D eigenvalue weighted by Crippen LogP contribution is -2.48. The Kier molecular flexibility index (Phi) is 7.74. The largest absolute Gasteiger partial charge is 0.493 e. The van der Waals surface area contributed by atoms with E-state index in [2.05, 4.69) is 10.6 Å². The second-order valence-electron chi connectivity index (χ2n) is 7.72. The third-order valence-electron chi connectivity index (χ3n) is 5.05. The van der Waals surface area contributed by atoms with Gasteiger partial charge in [0, 0.05) is 18.5 Å². The van der Waals surface area contributed by atoms with Gasteiger partial charge in [0.05, 0.1) is 18.8 Å². The Bertz CT molecular complexity index is 910. The summed E-state index contributed by atoms with van der Waals surface area (Å²) in [5.41, 5.74) is -0.0296. The fraction of sp³-hybridized carbons (Fsp3) is 0.391. The van der Waals surface area contributed by atoms with Crippen LogP contribution in [0.2, 0.25) is 0 Å². The highest BCUT2D eigenvalue weighted by molar-refractivity contribution is 5.97. The van der Waals surface area contributed by atoms with Gasteiger partial charge in [-0.2, -0.15) is 13.2 Å². The van der Waals surface area contributed by atoms with Crippen molar-refractivity contribution in [1.29, 1.82) is 0 Å². The number of carbonyl (C=O) groups is 2. The highest BCUT2D eigenvalue weighted by Gasteiger charge is 2.30. The minimum atomic E-state index is -4.46. The van der Waals surface area contributed by atoms with E-state index in [9.17, 15) is 22.8 Å². The number of alkyl halides is 3. The molecule has 0 aliphatic heterocycles. The second kappa shape index (κ2) is 10.5. The minimum absolute atomic E-state index is 0.00869. The zero-order valence-corrected chi connectivity index (χ0v) is 17.3. The molecule has 1 saturated carbocycles. The van der Waals surface area contributed by atoms with E-state index in [-0.39, 0.29) is 19.6 Å². The molecule has 1 aliphatic rings. The lowest BCUT2D eigenvalue weighted by Gasteiger charge is -2.19. The molecule has 0 heterocycles. The predicted octanol–water partition coefficient (Wildman–Crippen LogP) is 2.94. The summed E-state index contributed by atoms with van der Waals surface area (Å²) in [6, 6.07) is 9.89. The summed E-state index contributed by atoms with van der Waals surface area (Å²) in [6.07, 6.45) is -2.14. The van der Waals surface area contributed by atoms with Gasteiger partial charge >= 0.3 is 6.18 Å². The Balaban J connectivity index is 1.66. The molecule has 3 rings (SSSR count). The first-order valence-corrected chi connectivity index (χ1v) is 10.3. The van der Waals surface area contributed by atoms with Crippen molar-refractivity contribution in [2.24, 2.45) is 5.92 Å². The van der Waals surface area contributed by atoms with Crippen molar-refractivity contribution < 1.29 is 32.6 Å². The van der Waals surface area contributed by atoms with Crippen LogP contribution in [-0.2, 0) is 17.4 Å². The number of amides is 2. The standard InChI is InChI=1S/C23H25F3N2O4/c24-23(25,26)18-7-3-15(4-8-18)13-20(22(31)27-11-12-29)28-21(30)17-5-9-19(10-6-17)32-14-16-1-2-16/h3-10,16,20,29H,1-2,11-14H2,(H,27,31)(H,28,30). The van der Waals surface area contributed by atoms with Crippen molar-refractivity contribution in [3.05, 3.63) is 65.2 Å². The lowest BCUT2D eigenvalue weighted by molar-refractivity contribution is -0.137. The van der Waals surface area contributed by atoms with Crippen LogP contribution in [0.15, 0.2) is 48.5 Å². The Morgan fingerprint density at radius 2 is 1.72 bits per heavy atom. The van der Waals surface area contributed by atoms with Crippen LogP contribution in [0, 0.1) is 5.92 Å². The molecule has 0 radical (unpaired) electrons. The van der Waals surface area contributed by atoms with E-state index in [1.54, 1.807) is 24.3 Å². The van der Waals surface area contributed by atoms with Gasteiger partial charge in [0.25, 0.3) is 5.91 Å². The summed E-state index contributed by atoms with van der Waals surface area (Å²) in [5, 5.41) is 14.0. The number of aliphatic hydroxyl groups is 1. The molecule has 0 bridgehead atoms. The first kappa shape index (κ1) is 23.6. The van der Waals surface area contributed by atoms with E-state index in [0.717, 1.165) is 12.1 Å². The molecule has 1 atom stereocenters. The molecule has 6 nitrogen and oxygen atoms in total. The fourth-order valence-electron chi connectivity index (χ4n) is 3.02. The SMILES string of the molecule is O=C(NC(Cc1ccc(C(F)(F)F)cc1)C(=O)NCCO)c1ccc(OCC2CC2)cc1. The summed E-state index contributed by atoms with van der Waals surface area (Å²) in [5.74, 6) is 0.197. The summed E-state index contributed by atoms with van der Waals surface area (Å²) >= 11 is 0. The molecule has 0 saturated heterocycles. The van der Waals surface area contributed by atoms with Crippen molar-refractivity contribution in [1.82, 2.24) is 10.6 Å². The Hall–Kier alpha value is -3.07. The van der Waals surface area contributed by atoms with Crippen LogP contribution in [0.4, 0.5) is 13.2 Å². The maximum absolute atomic E-state index is 12.8. The first-order valence-electron chi connectivity index (χ1n) is 10.3. The molecule has 9 heteroatoms. The van der Waals surface area contributed by atoms with Crippen molar-refractivity contribution in [2.45, 2.75) is 31.5 Å². The topological polar surface area (TPSA) is 87.7 Å². The van der Waals surface area contributed by atoms with Gasteiger partial charge in [0.1, 0.15) is 11.8 Å². The summed E-state index contributed by atoms with van der Waals surface area (Å²) in [6.45, 7) is 0.353. The van der Waals surface area contributed by atoms with Crippen LogP contribution in [0.25, 0.3) is 0 Å². The molecule has 32 heavy (non-hydrogen) atoms. The van der Waals surface area contributed by atoms with E-state index in [0.29, 0.717) is 29.4 Å². The van der Waals surface area contributed by atoms with Crippen LogP contribution in [-0.4, -0.2) is 42.7 Å². The quantitative estimate of drug-likeness (QED) is 0.520. The van der Waals surface area contributed by atoms with Crippen LogP contribution < -0.4 is 15.4 Å². The molecular formula is C23H25F3N2O4. The van der Waals surface area contributed by atoms with E-state index < -0.39 is 29.6 Å². The normalized spacial score (nSPS) is 14.5. The molecule has 2 aromatic rings. The van der Waals surface area contributed by atoms with Gasteiger partial charge in [-0.1, -0.05) is 12.1 Å². The average Bonchev–Trinajstić information content (AvgIpc) is 3.60. The molecule has 0 spiro atoms. The van der Waals surface area contributed by atoms with Gasteiger partial charge < -0.3 is 20.5 Å². The van der Waals surface area contributed by atoms with Crippen molar-refractivity contribution in [2.75, 3.05) is 19.8 Å². The molecule has 1 aliphatic carbocycles. The molecule has 3 N–H and O–H groups in total. The molecule has 2 amide bonds. The van der Waals surface area contributed by atoms with Gasteiger partial charge in [-0.3, -0.25) is 9.59 Å². The zero-order valence-electron chi connectivity index (χ0n) is 17.3. The number of nitrogens with one attached hydrogen (secondary N) is 2. The number of aliphatic hydroxyl groups excluding tert-OH is 1. The van der Waals surface area contributed by atoms with Crippen LogP contribution in [0.3, 0.4) is 0 Å². The lowest BCUT2D eigenvalue weighted by atomic mass is 10.0. The van der Waals surface area contributed by atoms with Gasteiger partial charge in [0.15, 0.2) is 0 Å². The van der Waals surface area contributed by atoms with Crippen LogP contribution in [0.1, 0.15) is 34.3 Å². The number of carbonyl (C=O) groups excluding carboxylic acids is 2. The minimum Gasteiger partial charge on any atom is -0.493 e. The van der Waals surface area contributed by atoms with Crippen LogP contribution >= 0.6 is 0 Å². The number of ether oxygens (including phenoxy) is 1. The summed E-state index contributed by atoms with van der Waals surface area (Å²) < 4.78 is 44.0. The van der Waals surface area contributed by atoms with Gasteiger partial charge in [-0.05, 0) is 60.7 Å². The van der Waals surface area contributed by atoms with Crippen molar-refractivity contribution >= 4 is 11.8 Å². The fourth-order valence-corrected chi connectivity index (χ4v) is 3.02. The van der Waals surface area contributed by atoms with E-state index >= 15 is 0 Å². The first-order chi connectivity index (χ1) is 15.3. The van der Waals surface area contributed by atoms with Gasteiger partial charge in [-0.15, -0.1) is 0 Å². The Morgan fingerprint density at radius 1 is 1.06 bits per heavy atom. The number of hydrogen-bond acceptors (Lipinski definition) is 4. The number of benzene rings is 2. The number of rotatable bonds is 10. The van der Waals surface area contributed by atoms with E-state index in [1.165, 1.54) is 25.0 Å². The van der Waals surface area contributed by atoms with Crippen molar-refractivity contribution in [3.63, 3.8) is 0 Å². The third-order valence-corrected chi connectivity index (χ3v) is 5.05. The average molecular weight is 450 g/mol. The Labute approximate surface area is 183 Å². The molecule has 1 fully saturated rings. The highest BCUT2D eigenvalue weighted by Crippen LogP contribution is 2.30. The maximum Gasteiger partial charge on any atom is 0.416 e. The smallest absolute Gasteiger partial charge is 0.416 e. The van der Waals surface area contributed by atoms with E-state index in [4.69, 9.17) is 9.84 Å². The summed E-state index contributed by atoms with van der Waals surface area (Å²) in [7, 11) is 0. The van der Waals surface area contributed by atoms with Crippen molar-refractivity contribution in [3.8, 4) is 5.75 Å². The number of halogens is 3. The van der Waals surface area contributed by atoms with Gasteiger partial charge in [-0.25, -0.2) is 0 Å². The molecule has 2 aromatic carbocycles. The molecule has 0 aromatic heterocycles. The highest BCUT2D eigenvalue weighted by atomic mass is 19.4. The van der Waals surface area contributed by atoms with Crippen LogP contribution in [0.5, 0.6) is 5.75 Å². The maximum atomic E-state index is 12.8. The van der Waals surface area contributed by atoms with Gasteiger partial charge in [0.2, 0.25) is 5.91 Å². The molecular weight excluding hydrogens is 425 g/mol. The third kappa shape index (κ3) is 6.98. The Morgan fingerprint density at radius 3 is 2.28 bits per heavy atom. The molecule has 1 unspecified atom stereocenters. The monoisotopic (exact) mass is 450 g/mol. The van der Waals surface area contributed by atoms with E-state index in [1.807, 2.05) is 0 Å².